The molecule has 3 rings (SSSR count). The number of nitrogens with one attached hydrogen (secondary N) is 1. The summed E-state index contributed by atoms with van der Waals surface area (Å²) in [7, 11) is 0. The van der Waals surface area contributed by atoms with Crippen molar-refractivity contribution in [2.75, 3.05) is 5.32 Å². The van der Waals surface area contributed by atoms with E-state index in [4.69, 9.17) is 16.0 Å². The molecule has 0 fully saturated rings. The minimum Gasteiger partial charge on any atom is -0.457 e. The number of rotatable bonds is 4. The number of furan rings is 1. The summed E-state index contributed by atoms with van der Waals surface area (Å²) < 4.78 is 57.2. The summed E-state index contributed by atoms with van der Waals surface area (Å²) in [5.74, 6) is -1.16. The van der Waals surface area contributed by atoms with Crippen LogP contribution in [0, 0.1) is 17.1 Å². The number of nitriles is 1. The third-order valence-corrected chi connectivity index (χ3v) is 4.27. The van der Waals surface area contributed by atoms with E-state index in [1.807, 2.05) is 0 Å². The second-order valence-electron chi connectivity index (χ2n) is 6.03. The van der Waals surface area contributed by atoms with Crippen molar-refractivity contribution in [2.45, 2.75) is 6.18 Å². The number of carbonyl (C=O) groups excluding carboxylic acids is 1. The SMILES string of the molecule is N#C/C(=C\c1ccc(-c2cc(C(F)(F)F)ccc2Cl)o1)C(=O)Nc1ccc(F)cc1. The lowest BCUT2D eigenvalue weighted by molar-refractivity contribution is -0.137. The van der Waals surface area contributed by atoms with Crippen molar-refractivity contribution in [2.24, 2.45) is 0 Å². The minimum atomic E-state index is -4.55. The van der Waals surface area contributed by atoms with E-state index in [9.17, 15) is 27.6 Å². The van der Waals surface area contributed by atoms with Gasteiger partial charge in [-0.1, -0.05) is 11.6 Å². The first-order valence-corrected chi connectivity index (χ1v) is 8.71. The molecule has 2 aromatic carbocycles. The van der Waals surface area contributed by atoms with Gasteiger partial charge in [-0.25, -0.2) is 4.39 Å². The number of hydrogen-bond acceptors (Lipinski definition) is 3. The van der Waals surface area contributed by atoms with Crippen molar-refractivity contribution in [1.29, 1.82) is 5.26 Å². The van der Waals surface area contributed by atoms with E-state index in [0.717, 1.165) is 36.4 Å². The number of amides is 1. The van der Waals surface area contributed by atoms with Crippen LogP contribution in [0.3, 0.4) is 0 Å². The average Bonchev–Trinajstić information content (AvgIpc) is 3.15. The van der Waals surface area contributed by atoms with E-state index in [1.54, 1.807) is 6.07 Å². The first-order valence-electron chi connectivity index (χ1n) is 8.33. The third kappa shape index (κ3) is 4.88. The van der Waals surface area contributed by atoms with Gasteiger partial charge in [0.2, 0.25) is 0 Å². The lowest BCUT2D eigenvalue weighted by Crippen LogP contribution is -2.13. The van der Waals surface area contributed by atoms with Gasteiger partial charge in [-0.3, -0.25) is 4.79 Å². The average molecular weight is 435 g/mol. The van der Waals surface area contributed by atoms with Crippen molar-refractivity contribution < 1.29 is 26.8 Å². The highest BCUT2D eigenvalue weighted by atomic mass is 35.5. The van der Waals surface area contributed by atoms with Crippen LogP contribution in [0.4, 0.5) is 23.2 Å². The molecule has 0 saturated heterocycles. The Balaban J connectivity index is 1.86. The molecule has 0 unspecified atom stereocenters. The van der Waals surface area contributed by atoms with E-state index in [2.05, 4.69) is 5.32 Å². The first kappa shape index (κ1) is 21.1. The van der Waals surface area contributed by atoms with Gasteiger partial charge in [0.05, 0.1) is 10.6 Å². The van der Waals surface area contributed by atoms with Crippen LogP contribution in [0.2, 0.25) is 5.02 Å². The second kappa shape index (κ2) is 8.43. The Kier molecular flexibility index (Phi) is 5.94. The van der Waals surface area contributed by atoms with Gasteiger partial charge in [0.25, 0.3) is 5.91 Å². The van der Waals surface area contributed by atoms with Crippen molar-refractivity contribution in [3.05, 3.63) is 82.3 Å². The second-order valence-corrected chi connectivity index (χ2v) is 6.43. The summed E-state index contributed by atoms with van der Waals surface area (Å²) in [5.41, 5.74) is -0.930. The van der Waals surface area contributed by atoms with Gasteiger partial charge in [0.1, 0.15) is 29.0 Å². The minimum absolute atomic E-state index is 0.0143. The highest BCUT2D eigenvalue weighted by Crippen LogP contribution is 2.36. The number of anilines is 1. The molecule has 9 heteroatoms. The van der Waals surface area contributed by atoms with Crippen molar-refractivity contribution in [1.82, 2.24) is 0 Å². The Morgan fingerprint density at radius 1 is 1.10 bits per heavy atom. The molecule has 0 bridgehead atoms. The standard InChI is InChI=1S/C21H11ClF4N2O2/c22-18-7-1-13(21(24,25)26)10-17(18)19-8-6-16(30-19)9-12(11-27)20(29)28-15-4-2-14(23)3-5-15/h1-10H,(H,28,29)/b12-9+. The maximum Gasteiger partial charge on any atom is 0.416 e. The molecule has 152 valence electrons. The fourth-order valence-corrected chi connectivity index (χ4v) is 2.70. The molecule has 0 aliphatic rings. The molecule has 30 heavy (non-hydrogen) atoms. The maximum atomic E-state index is 12.9. The molecule has 0 spiro atoms. The molecule has 0 radical (unpaired) electrons. The van der Waals surface area contributed by atoms with E-state index >= 15 is 0 Å². The van der Waals surface area contributed by atoms with Gasteiger partial charge in [0, 0.05) is 17.3 Å². The van der Waals surface area contributed by atoms with Gasteiger partial charge < -0.3 is 9.73 Å². The molecule has 1 amide bonds. The smallest absolute Gasteiger partial charge is 0.416 e. The zero-order chi connectivity index (χ0) is 21.9. The molecule has 1 heterocycles. The van der Waals surface area contributed by atoms with Gasteiger partial charge >= 0.3 is 6.18 Å². The lowest BCUT2D eigenvalue weighted by atomic mass is 10.1. The fourth-order valence-electron chi connectivity index (χ4n) is 2.49. The van der Waals surface area contributed by atoms with Crippen LogP contribution in [0.5, 0.6) is 0 Å². The Labute approximate surface area is 173 Å². The number of carbonyl (C=O) groups is 1. The molecule has 3 aromatic rings. The molecule has 4 nitrogen and oxygen atoms in total. The monoisotopic (exact) mass is 434 g/mol. The van der Waals surface area contributed by atoms with E-state index < -0.39 is 23.5 Å². The van der Waals surface area contributed by atoms with Crippen LogP contribution in [0.15, 0.2) is 64.6 Å². The van der Waals surface area contributed by atoms with Crippen LogP contribution in [-0.4, -0.2) is 5.91 Å². The summed E-state index contributed by atoms with van der Waals surface area (Å²) in [6, 6.07) is 12.2. The fraction of sp³-hybridized carbons (Fsp3) is 0.0476. The molecule has 0 aliphatic heterocycles. The summed E-state index contributed by atoms with van der Waals surface area (Å²) >= 11 is 5.99. The molecule has 0 saturated carbocycles. The number of alkyl halides is 3. The number of benzene rings is 2. The highest BCUT2D eigenvalue weighted by molar-refractivity contribution is 6.33. The van der Waals surface area contributed by atoms with E-state index in [0.29, 0.717) is 0 Å². The Hall–Kier alpha value is -3.57. The Bertz CT molecular complexity index is 1160. The van der Waals surface area contributed by atoms with Gasteiger partial charge in [0.15, 0.2) is 0 Å². The van der Waals surface area contributed by atoms with Crippen LogP contribution in [-0.2, 0) is 11.0 Å². The van der Waals surface area contributed by atoms with E-state index in [1.165, 1.54) is 24.3 Å². The summed E-state index contributed by atoms with van der Waals surface area (Å²) in [4.78, 5) is 12.2. The molecular weight excluding hydrogens is 424 g/mol. The predicted molar refractivity (Wildman–Crippen MR) is 103 cm³/mol. The van der Waals surface area contributed by atoms with Crippen LogP contribution >= 0.6 is 11.6 Å². The van der Waals surface area contributed by atoms with Gasteiger partial charge in [-0.2, -0.15) is 18.4 Å². The molecule has 0 atom stereocenters. The van der Waals surface area contributed by atoms with Crippen LogP contribution in [0.25, 0.3) is 17.4 Å². The summed E-state index contributed by atoms with van der Waals surface area (Å²) in [6.45, 7) is 0. The lowest BCUT2D eigenvalue weighted by Gasteiger charge is -2.09. The normalized spacial score (nSPS) is 11.8. The Morgan fingerprint density at radius 2 is 1.80 bits per heavy atom. The molecule has 0 aliphatic carbocycles. The predicted octanol–water partition coefficient (Wildman–Crippen LogP) is 6.30. The largest absolute Gasteiger partial charge is 0.457 e. The number of halogens is 5. The van der Waals surface area contributed by atoms with Crippen molar-refractivity contribution in [3.8, 4) is 17.4 Å². The summed E-state index contributed by atoms with van der Waals surface area (Å²) in [6.07, 6.45) is -3.43. The van der Waals surface area contributed by atoms with Gasteiger partial charge in [-0.15, -0.1) is 0 Å². The quantitative estimate of drug-likeness (QED) is 0.297. The van der Waals surface area contributed by atoms with Crippen LogP contribution in [0.1, 0.15) is 11.3 Å². The van der Waals surface area contributed by atoms with Crippen molar-refractivity contribution in [3.63, 3.8) is 0 Å². The highest BCUT2D eigenvalue weighted by Gasteiger charge is 2.31. The van der Waals surface area contributed by atoms with Gasteiger partial charge in [-0.05, 0) is 54.6 Å². The van der Waals surface area contributed by atoms with E-state index in [-0.39, 0.29) is 33.4 Å². The summed E-state index contributed by atoms with van der Waals surface area (Å²) in [5, 5.41) is 11.7. The molecule has 1 N–H and O–H groups in total. The zero-order valence-electron chi connectivity index (χ0n) is 14.9. The number of hydrogen-bond donors (Lipinski definition) is 1. The topological polar surface area (TPSA) is 66.0 Å². The molecular formula is C21H11ClF4N2O2. The maximum absolute atomic E-state index is 12.9. The zero-order valence-corrected chi connectivity index (χ0v) is 15.7. The Morgan fingerprint density at radius 3 is 2.43 bits per heavy atom. The van der Waals surface area contributed by atoms with Crippen LogP contribution < -0.4 is 5.32 Å². The third-order valence-electron chi connectivity index (χ3n) is 3.94. The number of nitrogens with zero attached hydrogens (tertiary/aromatic N) is 1. The molecule has 1 aromatic heterocycles. The van der Waals surface area contributed by atoms with Crippen molar-refractivity contribution >= 4 is 29.3 Å². The first-order chi connectivity index (χ1) is 14.2.